The predicted octanol–water partition coefficient (Wildman–Crippen LogP) is 2.28. The Kier molecular flexibility index (Phi) is 4.05. The van der Waals surface area contributed by atoms with Crippen LogP contribution in [0.15, 0.2) is 24.3 Å². The van der Waals surface area contributed by atoms with Crippen LogP contribution in [-0.2, 0) is 4.79 Å². The maximum Gasteiger partial charge on any atom is 0.322 e. The molecule has 0 radical (unpaired) electrons. The molecule has 1 aromatic carbocycles. The van der Waals surface area contributed by atoms with Crippen molar-refractivity contribution in [3.05, 3.63) is 29.8 Å². The van der Waals surface area contributed by atoms with Crippen molar-refractivity contribution in [1.29, 1.82) is 0 Å². The van der Waals surface area contributed by atoms with Crippen LogP contribution in [0, 0.1) is 0 Å². The molecule has 6 heteroatoms. The summed E-state index contributed by atoms with van der Waals surface area (Å²) in [5.74, 6) is 0.572. The third-order valence-electron chi connectivity index (χ3n) is 4.00. The Balaban J connectivity index is 1.76. The molecule has 1 fully saturated rings. The van der Waals surface area contributed by atoms with E-state index in [0.29, 0.717) is 5.69 Å². The van der Waals surface area contributed by atoms with Gasteiger partial charge in [0.25, 0.3) is 0 Å². The molecule has 2 N–H and O–H groups in total. The van der Waals surface area contributed by atoms with Gasteiger partial charge >= 0.3 is 12.0 Å². The number of urea groups is 1. The quantitative estimate of drug-likeness (QED) is 0.879. The van der Waals surface area contributed by atoms with Crippen LogP contribution in [0.4, 0.5) is 10.5 Å². The Morgan fingerprint density at radius 3 is 2.86 bits per heavy atom. The van der Waals surface area contributed by atoms with Crippen molar-refractivity contribution in [1.82, 2.24) is 5.32 Å². The van der Waals surface area contributed by atoms with E-state index in [2.05, 4.69) is 5.32 Å². The lowest BCUT2D eigenvalue weighted by Crippen LogP contribution is -2.46. The van der Waals surface area contributed by atoms with Gasteiger partial charge in [-0.15, -0.1) is 0 Å². The molecule has 21 heavy (non-hydrogen) atoms. The summed E-state index contributed by atoms with van der Waals surface area (Å²) in [7, 11) is 0. The molecule has 0 aliphatic carbocycles. The second-order valence-electron chi connectivity index (χ2n) is 5.42. The SMILES string of the molecule is O=C(O)C1CN(C(=O)NC2CCCSC2)c2ccccc21. The summed E-state index contributed by atoms with van der Waals surface area (Å²) in [6.07, 6.45) is 2.11. The molecule has 2 aliphatic heterocycles. The molecule has 2 heterocycles. The number of hydrogen-bond donors (Lipinski definition) is 2. The second kappa shape index (κ2) is 5.97. The zero-order chi connectivity index (χ0) is 14.8. The summed E-state index contributed by atoms with van der Waals surface area (Å²) in [5, 5.41) is 12.4. The van der Waals surface area contributed by atoms with Gasteiger partial charge in [-0.05, 0) is 30.2 Å². The molecule has 2 unspecified atom stereocenters. The van der Waals surface area contributed by atoms with Crippen LogP contribution < -0.4 is 10.2 Å². The molecule has 3 rings (SSSR count). The fourth-order valence-corrected chi connectivity index (χ4v) is 3.99. The van der Waals surface area contributed by atoms with Crippen LogP contribution in [0.2, 0.25) is 0 Å². The first-order valence-electron chi connectivity index (χ1n) is 7.14. The van der Waals surface area contributed by atoms with E-state index >= 15 is 0 Å². The Morgan fingerprint density at radius 1 is 1.33 bits per heavy atom. The van der Waals surface area contributed by atoms with E-state index in [-0.39, 0.29) is 18.6 Å². The summed E-state index contributed by atoms with van der Waals surface area (Å²) in [4.78, 5) is 25.4. The smallest absolute Gasteiger partial charge is 0.322 e. The molecule has 1 aromatic rings. The number of benzene rings is 1. The van der Waals surface area contributed by atoms with Gasteiger partial charge in [0.05, 0.1) is 0 Å². The maximum absolute atomic E-state index is 12.5. The fraction of sp³-hybridized carbons (Fsp3) is 0.467. The summed E-state index contributed by atoms with van der Waals surface area (Å²) >= 11 is 1.85. The third kappa shape index (κ3) is 2.85. The Labute approximate surface area is 127 Å². The molecule has 112 valence electrons. The molecule has 5 nitrogen and oxygen atoms in total. The van der Waals surface area contributed by atoms with Crippen LogP contribution >= 0.6 is 11.8 Å². The summed E-state index contributed by atoms with van der Waals surface area (Å²) < 4.78 is 0. The first kappa shape index (κ1) is 14.3. The van der Waals surface area contributed by atoms with Crippen molar-refractivity contribution < 1.29 is 14.7 Å². The summed E-state index contributed by atoms with van der Waals surface area (Å²) in [6.45, 7) is 0.209. The van der Waals surface area contributed by atoms with Gasteiger partial charge in [0.2, 0.25) is 0 Å². The maximum atomic E-state index is 12.5. The largest absolute Gasteiger partial charge is 0.481 e. The molecule has 0 saturated carbocycles. The number of fused-ring (bicyclic) bond motifs is 1. The number of carboxylic acids is 1. The van der Waals surface area contributed by atoms with E-state index in [1.807, 2.05) is 30.0 Å². The minimum absolute atomic E-state index is 0.182. The summed E-state index contributed by atoms with van der Waals surface area (Å²) in [6, 6.07) is 7.25. The number of nitrogens with zero attached hydrogens (tertiary/aromatic N) is 1. The van der Waals surface area contributed by atoms with Crippen molar-refractivity contribution in [3.8, 4) is 0 Å². The van der Waals surface area contributed by atoms with Crippen LogP contribution in [0.3, 0.4) is 0 Å². The Morgan fingerprint density at radius 2 is 2.14 bits per heavy atom. The van der Waals surface area contributed by atoms with Crippen LogP contribution in [0.1, 0.15) is 24.3 Å². The lowest BCUT2D eigenvalue weighted by molar-refractivity contribution is -0.138. The molecule has 0 bridgehead atoms. The van der Waals surface area contributed by atoms with Crippen molar-refractivity contribution in [2.45, 2.75) is 24.8 Å². The number of carboxylic acid groups (broad SMARTS) is 1. The number of thioether (sulfide) groups is 1. The van der Waals surface area contributed by atoms with Crippen LogP contribution in [0.25, 0.3) is 0 Å². The van der Waals surface area contributed by atoms with Gasteiger partial charge in [-0.3, -0.25) is 9.69 Å². The Hall–Kier alpha value is -1.69. The highest BCUT2D eigenvalue weighted by molar-refractivity contribution is 7.99. The number of aliphatic carboxylic acids is 1. The number of rotatable bonds is 2. The highest BCUT2D eigenvalue weighted by Crippen LogP contribution is 2.36. The molecule has 2 atom stereocenters. The zero-order valence-electron chi connectivity index (χ0n) is 11.6. The van der Waals surface area contributed by atoms with E-state index in [0.717, 1.165) is 29.9 Å². The Bertz CT molecular complexity index is 558. The number of carbonyl (C=O) groups excluding carboxylic acids is 1. The van der Waals surface area contributed by atoms with Gasteiger partial charge in [-0.1, -0.05) is 18.2 Å². The standard InChI is InChI=1S/C15H18N2O3S/c18-14(19)12-8-17(13-6-2-1-5-11(12)13)15(20)16-10-4-3-7-21-9-10/h1-2,5-6,10,12H,3-4,7-9H2,(H,16,20)(H,18,19). The molecule has 0 aromatic heterocycles. The average Bonchev–Trinajstić information content (AvgIpc) is 2.88. The molecular weight excluding hydrogens is 288 g/mol. The van der Waals surface area contributed by atoms with Crippen LogP contribution in [-0.4, -0.2) is 41.2 Å². The molecule has 1 saturated heterocycles. The van der Waals surface area contributed by atoms with Gasteiger partial charge in [-0.2, -0.15) is 11.8 Å². The van der Waals surface area contributed by atoms with E-state index in [9.17, 15) is 14.7 Å². The van der Waals surface area contributed by atoms with E-state index < -0.39 is 11.9 Å². The first-order chi connectivity index (χ1) is 10.2. The van der Waals surface area contributed by atoms with Crippen molar-refractivity contribution >= 4 is 29.4 Å². The van der Waals surface area contributed by atoms with Crippen molar-refractivity contribution in [3.63, 3.8) is 0 Å². The predicted molar refractivity (Wildman–Crippen MR) is 83.0 cm³/mol. The number of carbonyl (C=O) groups is 2. The highest BCUT2D eigenvalue weighted by Gasteiger charge is 2.36. The molecular formula is C15H18N2O3S. The normalized spacial score (nSPS) is 24.5. The summed E-state index contributed by atoms with van der Waals surface area (Å²) in [5.41, 5.74) is 1.43. The highest BCUT2D eigenvalue weighted by atomic mass is 32.2. The van der Waals surface area contributed by atoms with Gasteiger partial charge in [0.1, 0.15) is 5.92 Å². The van der Waals surface area contributed by atoms with Crippen molar-refractivity contribution in [2.75, 3.05) is 23.0 Å². The van der Waals surface area contributed by atoms with E-state index in [1.165, 1.54) is 0 Å². The number of nitrogens with one attached hydrogen (secondary N) is 1. The minimum Gasteiger partial charge on any atom is -0.481 e. The topological polar surface area (TPSA) is 69.6 Å². The molecule has 2 aliphatic rings. The lowest BCUT2D eigenvalue weighted by atomic mass is 10.0. The van der Waals surface area contributed by atoms with Crippen LogP contribution in [0.5, 0.6) is 0 Å². The number of anilines is 1. The fourth-order valence-electron chi connectivity index (χ4n) is 2.92. The zero-order valence-corrected chi connectivity index (χ0v) is 12.4. The first-order valence-corrected chi connectivity index (χ1v) is 8.30. The lowest BCUT2D eigenvalue weighted by Gasteiger charge is -2.26. The monoisotopic (exact) mass is 306 g/mol. The van der Waals surface area contributed by atoms with E-state index in [1.54, 1.807) is 11.0 Å². The number of amides is 2. The second-order valence-corrected chi connectivity index (χ2v) is 6.57. The minimum atomic E-state index is -0.883. The molecule has 0 spiro atoms. The van der Waals surface area contributed by atoms with Gasteiger partial charge in [0.15, 0.2) is 0 Å². The van der Waals surface area contributed by atoms with Gasteiger partial charge in [0, 0.05) is 24.0 Å². The van der Waals surface area contributed by atoms with Gasteiger partial charge in [-0.25, -0.2) is 4.79 Å². The van der Waals surface area contributed by atoms with E-state index in [4.69, 9.17) is 0 Å². The van der Waals surface area contributed by atoms with Gasteiger partial charge < -0.3 is 10.4 Å². The molecule has 2 amide bonds. The third-order valence-corrected chi connectivity index (χ3v) is 5.21. The van der Waals surface area contributed by atoms with Crippen molar-refractivity contribution in [2.24, 2.45) is 0 Å². The average molecular weight is 306 g/mol. The number of para-hydroxylation sites is 1. The number of hydrogen-bond acceptors (Lipinski definition) is 3.